The average Bonchev–Trinajstić information content (AvgIpc) is 2.97. The van der Waals surface area contributed by atoms with Gasteiger partial charge in [0.15, 0.2) is 0 Å². The van der Waals surface area contributed by atoms with Crippen LogP contribution in [-0.2, 0) is 35.0 Å². The van der Waals surface area contributed by atoms with Gasteiger partial charge in [0.1, 0.15) is 6.10 Å². The Morgan fingerprint density at radius 2 is 2.12 bits per heavy atom. The second-order valence-corrected chi connectivity index (χ2v) is 5.97. The number of hydrogen-bond donors (Lipinski definition) is 0. The van der Waals surface area contributed by atoms with Crippen LogP contribution in [0, 0.1) is 0 Å². The van der Waals surface area contributed by atoms with Crippen molar-refractivity contribution < 1.29 is 22.6 Å². The number of rotatable bonds is 2. The molecule has 0 aromatic carbocycles. The van der Waals surface area contributed by atoms with Crippen LogP contribution in [-0.4, -0.2) is 40.7 Å². The molecule has 2 aliphatic rings. The van der Waals surface area contributed by atoms with Crippen molar-refractivity contribution in [3.63, 3.8) is 0 Å². The van der Waals surface area contributed by atoms with Crippen molar-refractivity contribution in [2.24, 2.45) is 0 Å². The molecule has 0 spiro atoms. The molecule has 5 nitrogen and oxygen atoms in total. The smallest absolute Gasteiger partial charge is 0.376 e. The molecular weight excluding hydrogens is 323 g/mol. The van der Waals surface area contributed by atoms with Gasteiger partial charge in [-0.05, 0) is 24.5 Å². The predicted molar refractivity (Wildman–Crippen MR) is 78.4 cm³/mol. The molecule has 0 unspecified atom stereocenters. The van der Waals surface area contributed by atoms with Crippen LogP contribution in [0.1, 0.15) is 16.8 Å². The summed E-state index contributed by atoms with van der Waals surface area (Å²) in [5.41, 5.74) is 1.10. The normalized spacial score (nSPS) is 20.5. The van der Waals surface area contributed by atoms with E-state index < -0.39 is 11.7 Å². The molecule has 1 aliphatic heterocycles. The number of hydrogen-bond acceptors (Lipinski definition) is 4. The second kappa shape index (κ2) is 5.86. The molecule has 24 heavy (non-hydrogen) atoms. The molecule has 1 aliphatic carbocycles. The number of halogens is 3. The summed E-state index contributed by atoms with van der Waals surface area (Å²) in [6, 6.07) is 1.02. The molecule has 2 aromatic heterocycles. The van der Waals surface area contributed by atoms with Gasteiger partial charge in [-0.1, -0.05) is 0 Å². The highest BCUT2D eigenvalue weighted by atomic mass is 19.4. The zero-order valence-corrected chi connectivity index (χ0v) is 12.8. The lowest BCUT2D eigenvalue weighted by atomic mass is 9.91. The first-order valence-electron chi connectivity index (χ1n) is 7.83. The van der Waals surface area contributed by atoms with Gasteiger partial charge in [-0.3, -0.25) is 9.67 Å². The Morgan fingerprint density at radius 3 is 2.88 bits per heavy atom. The van der Waals surface area contributed by atoms with Gasteiger partial charge in [0.05, 0.1) is 43.3 Å². The zero-order chi connectivity index (χ0) is 16.7. The Labute approximate surface area is 136 Å². The topological polar surface area (TPSA) is 49.2 Å². The number of aromatic nitrogens is 3. The van der Waals surface area contributed by atoms with E-state index in [0.717, 1.165) is 11.6 Å². The first-order valence-corrected chi connectivity index (χ1v) is 7.83. The van der Waals surface area contributed by atoms with Crippen molar-refractivity contribution >= 4 is 0 Å². The first kappa shape index (κ1) is 15.6. The van der Waals surface area contributed by atoms with Crippen LogP contribution in [0.4, 0.5) is 13.2 Å². The molecule has 128 valence electrons. The Bertz CT molecular complexity index is 752. The monoisotopic (exact) mass is 339 g/mol. The van der Waals surface area contributed by atoms with Crippen LogP contribution in [0.2, 0.25) is 0 Å². The van der Waals surface area contributed by atoms with Crippen LogP contribution in [0.5, 0.6) is 0 Å². The number of ether oxygens (including phenoxy) is 2. The summed E-state index contributed by atoms with van der Waals surface area (Å²) in [6.45, 7) is 2.02. The molecule has 2 aromatic rings. The molecule has 0 amide bonds. The Kier molecular flexibility index (Phi) is 3.80. The van der Waals surface area contributed by atoms with E-state index in [2.05, 4.69) is 10.1 Å². The van der Waals surface area contributed by atoms with E-state index >= 15 is 0 Å². The van der Waals surface area contributed by atoms with Gasteiger partial charge in [-0.2, -0.15) is 18.3 Å². The van der Waals surface area contributed by atoms with Gasteiger partial charge in [0.2, 0.25) is 0 Å². The van der Waals surface area contributed by atoms with Crippen molar-refractivity contribution in [2.45, 2.75) is 31.7 Å². The van der Waals surface area contributed by atoms with E-state index in [1.807, 2.05) is 6.20 Å². The Morgan fingerprint density at radius 1 is 1.25 bits per heavy atom. The molecule has 1 atom stereocenters. The number of fused-ring (bicyclic) bond motifs is 3. The maximum atomic E-state index is 13.4. The SMILES string of the molecule is FC(F)(F)c1ccnc2c1-c1nn(C[C@H]3COCCO3)cc1CC2. The van der Waals surface area contributed by atoms with E-state index in [4.69, 9.17) is 9.47 Å². The van der Waals surface area contributed by atoms with Crippen LogP contribution >= 0.6 is 0 Å². The lowest BCUT2D eigenvalue weighted by Crippen LogP contribution is -2.32. The van der Waals surface area contributed by atoms with Crippen LogP contribution in [0.25, 0.3) is 11.3 Å². The minimum Gasteiger partial charge on any atom is -0.376 e. The summed E-state index contributed by atoms with van der Waals surface area (Å²) >= 11 is 0. The highest BCUT2D eigenvalue weighted by Gasteiger charge is 2.37. The minimum atomic E-state index is -4.42. The van der Waals surface area contributed by atoms with Gasteiger partial charge in [-0.25, -0.2) is 0 Å². The van der Waals surface area contributed by atoms with Gasteiger partial charge in [0, 0.05) is 18.0 Å². The summed E-state index contributed by atoms with van der Waals surface area (Å²) in [6.07, 6.45) is -0.401. The van der Waals surface area contributed by atoms with Crippen molar-refractivity contribution in [1.29, 1.82) is 0 Å². The van der Waals surface area contributed by atoms with Gasteiger partial charge in [0.25, 0.3) is 0 Å². The lowest BCUT2D eigenvalue weighted by molar-refractivity contribution is -0.137. The number of alkyl halides is 3. The van der Waals surface area contributed by atoms with Crippen molar-refractivity contribution in [1.82, 2.24) is 14.8 Å². The van der Waals surface area contributed by atoms with Crippen molar-refractivity contribution in [3.8, 4) is 11.3 Å². The molecule has 0 radical (unpaired) electrons. The van der Waals surface area contributed by atoms with Crippen LogP contribution in [0.15, 0.2) is 18.5 Å². The molecule has 0 N–H and O–H groups in total. The average molecular weight is 339 g/mol. The molecular formula is C16H16F3N3O2. The van der Waals surface area contributed by atoms with Gasteiger partial charge in [-0.15, -0.1) is 0 Å². The third-order valence-electron chi connectivity index (χ3n) is 4.32. The molecule has 1 fully saturated rings. The molecule has 0 bridgehead atoms. The van der Waals surface area contributed by atoms with Crippen LogP contribution in [0.3, 0.4) is 0 Å². The molecule has 0 saturated carbocycles. The van der Waals surface area contributed by atoms with E-state index in [1.54, 1.807) is 4.68 Å². The molecule has 4 rings (SSSR count). The number of nitrogens with zero attached hydrogens (tertiary/aromatic N) is 3. The summed E-state index contributed by atoms with van der Waals surface area (Å²) < 4.78 is 52.6. The summed E-state index contributed by atoms with van der Waals surface area (Å²) in [4.78, 5) is 4.12. The van der Waals surface area contributed by atoms with E-state index in [9.17, 15) is 13.2 Å². The molecule has 8 heteroatoms. The fourth-order valence-electron chi connectivity index (χ4n) is 3.25. The minimum absolute atomic E-state index is 0.116. The second-order valence-electron chi connectivity index (χ2n) is 5.97. The van der Waals surface area contributed by atoms with Crippen molar-refractivity contribution in [3.05, 3.63) is 35.3 Å². The highest BCUT2D eigenvalue weighted by molar-refractivity contribution is 5.71. The van der Waals surface area contributed by atoms with Crippen molar-refractivity contribution in [2.75, 3.05) is 19.8 Å². The molecule has 1 saturated heterocycles. The highest BCUT2D eigenvalue weighted by Crippen LogP contribution is 2.41. The van der Waals surface area contributed by atoms with E-state index in [0.29, 0.717) is 50.6 Å². The number of pyridine rings is 1. The summed E-state index contributed by atoms with van der Waals surface area (Å²) in [5.74, 6) is 0. The Hall–Kier alpha value is -1.93. The third kappa shape index (κ3) is 2.80. The van der Waals surface area contributed by atoms with Gasteiger partial charge < -0.3 is 9.47 Å². The summed E-state index contributed by atoms with van der Waals surface area (Å²) in [5, 5.41) is 4.40. The standard InChI is InChI=1S/C16H16F3N3O2/c17-16(18,19)12-3-4-20-13-2-1-10-7-22(21-15(10)14(12)13)8-11-9-23-5-6-24-11/h3-4,7,11H,1-2,5-6,8-9H2/t11-/m0/s1. The largest absolute Gasteiger partial charge is 0.417 e. The Balaban J connectivity index is 1.70. The lowest BCUT2D eigenvalue weighted by Gasteiger charge is -2.22. The zero-order valence-electron chi connectivity index (χ0n) is 12.8. The quantitative estimate of drug-likeness (QED) is 0.843. The fourth-order valence-corrected chi connectivity index (χ4v) is 3.25. The maximum absolute atomic E-state index is 13.4. The number of aryl methyl sites for hydroxylation is 2. The molecule has 3 heterocycles. The van der Waals surface area contributed by atoms with Gasteiger partial charge >= 0.3 is 6.18 Å². The van der Waals surface area contributed by atoms with E-state index in [1.165, 1.54) is 6.20 Å². The first-order chi connectivity index (χ1) is 11.5. The summed E-state index contributed by atoms with van der Waals surface area (Å²) in [7, 11) is 0. The fraction of sp³-hybridized carbons (Fsp3) is 0.500. The predicted octanol–water partition coefficient (Wildman–Crippen LogP) is 2.48. The van der Waals surface area contributed by atoms with Crippen LogP contribution < -0.4 is 0 Å². The maximum Gasteiger partial charge on any atom is 0.417 e. The third-order valence-corrected chi connectivity index (χ3v) is 4.32. The van der Waals surface area contributed by atoms with E-state index in [-0.39, 0.29) is 11.7 Å².